The number of hydrogen-bond donors (Lipinski definition) is 1. The van der Waals surface area contributed by atoms with Crippen molar-refractivity contribution in [1.29, 1.82) is 0 Å². The lowest BCUT2D eigenvalue weighted by atomic mass is 9.70. The van der Waals surface area contributed by atoms with Gasteiger partial charge in [-0.2, -0.15) is 8.42 Å². The zero-order valence-electron chi connectivity index (χ0n) is 12.3. The predicted octanol–water partition coefficient (Wildman–Crippen LogP) is 1.09. The number of rotatable bonds is 4. The SMILES string of the molecule is C[C@H]1NC[C@@H]1OS(=O)(=O)C[C@]12CCC(CC1=O)C2(C)C. The summed E-state index contributed by atoms with van der Waals surface area (Å²) in [7, 11) is -3.67. The Balaban J connectivity index is 1.81. The molecule has 0 aromatic heterocycles. The molecule has 2 bridgehead atoms. The maximum absolute atomic E-state index is 12.4. The summed E-state index contributed by atoms with van der Waals surface area (Å²) < 4.78 is 30.0. The van der Waals surface area contributed by atoms with E-state index in [-0.39, 0.29) is 29.1 Å². The van der Waals surface area contributed by atoms with Crippen LogP contribution in [0.25, 0.3) is 0 Å². The molecule has 1 saturated heterocycles. The van der Waals surface area contributed by atoms with Crippen molar-refractivity contribution in [2.45, 2.75) is 52.2 Å². The van der Waals surface area contributed by atoms with Crippen LogP contribution < -0.4 is 5.32 Å². The van der Waals surface area contributed by atoms with Crippen LogP contribution in [0.3, 0.4) is 0 Å². The molecule has 20 heavy (non-hydrogen) atoms. The normalized spacial score (nSPS) is 42.8. The van der Waals surface area contributed by atoms with Gasteiger partial charge in [-0.1, -0.05) is 13.8 Å². The molecule has 2 aliphatic carbocycles. The van der Waals surface area contributed by atoms with E-state index in [0.29, 0.717) is 25.3 Å². The van der Waals surface area contributed by atoms with Crippen LogP contribution >= 0.6 is 0 Å². The summed E-state index contributed by atoms with van der Waals surface area (Å²) in [5.74, 6) is 0.297. The molecule has 0 aromatic carbocycles. The first-order valence-corrected chi connectivity index (χ1v) is 8.93. The number of carbonyl (C=O) groups excluding carboxylic acids is 1. The third kappa shape index (κ3) is 1.88. The second kappa shape index (κ2) is 4.27. The average molecular weight is 301 g/mol. The van der Waals surface area contributed by atoms with Gasteiger partial charge in [0.05, 0.1) is 11.2 Å². The summed E-state index contributed by atoms with van der Waals surface area (Å²) >= 11 is 0. The first kappa shape index (κ1) is 14.5. The molecule has 4 atom stereocenters. The fourth-order valence-corrected chi connectivity index (χ4v) is 6.16. The minimum absolute atomic E-state index is 0.0610. The van der Waals surface area contributed by atoms with Gasteiger partial charge in [-0.3, -0.25) is 8.98 Å². The zero-order chi connectivity index (χ0) is 14.8. The van der Waals surface area contributed by atoms with Crippen molar-refractivity contribution in [2.75, 3.05) is 12.3 Å². The number of carbonyl (C=O) groups is 1. The third-order valence-corrected chi connectivity index (χ3v) is 7.42. The minimum atomic E-state index is -3.67. The topological polar surface area (TPSA) is 72.5 Å². The fourth-order valence-electron chi connectivity index (χ4n) is 4.20. The summed E-state index contributed by atoms with van der Waals surface area (Å²) in [4.78, 5) is 12.4. The summed E-state index contributed by atoms with van der Waals surface area (Å²) in [5, 5.41) is 3.08. The van der Waals surface area contributed by atoms with Crippen LogP contribution in [0.5, 0.6) is 0 Å². The molecule has 0 aromatic rings. The van der Waals surface area contributed by atoms with Gasteiger partial charge in [-0.25, -0.2) is 0 Å². The van der Waals surface area contributed by atoms with E-state index in [1.165, 1.54) is 0 Å². The maximum Gasteiger partial charge on any atom is 0.268 e. The molecular formula is C14H23NO4S. The van der Waals surface area contributed by atoms with Gasteiger partial charge in [-0.05, 0) is 31.1 Å². The lowest BCUT2D eigenvalue weighted by molar-refractivity contribution is -0.128. The van der Waals surface area contributed by atoms with Crippen LogP contribution in [0, 0.1) is 16.7 Å². The maximum atomic E-state index is 12.4. The predicted molar refractivity (Wildman–Crippen MR) is 74.7 cm³/mol. The van der Waals surface area contributed by atoms with Gasteiger partial charge in [0, 0.05) is 19.0 Å². The van der Waals surface area contributed by atoms with Crippen LogP contribution in [0.2, 0.25) is 0 Å². The van der Waals surface area contributed by atoms with Crippen molar-refractivity contribution in [3.63, 3.8) is 0 Å². The van der Waals surface area contributed by atoms with Gasteiger partial charge in [-0.15, -0.1) is 0 Å². The van der Waals surface area contributed by atoms with Crippen molar-refractivity contribution >= 4 is 15.9 Å². The molecule has 6 heteroatoms. The van der Waals surface area contributed by atoms with E-state index in [2.05, 4.69) is 5.32 Å². The largest absolute Gasteiger partial charge is 0.309 e. The lowest BCUT2D eigenvalue weighted by Crippen LogP contribution is -2.58. The molecule has 1 unspecified atom stereocenters. The van der Waals surface area contributed by atoms with Crippen LogP contribution in [-0.4, -0.2) is 38.6 Å². The van der Waals surface area contributed by atoms with E-state index in [1.54, 1.807) is 0 Å². The fraction of sp³-hybridized carbons (Fsp3) is 0.929. The molecule has 1 heterocycles. The number of ketones is 1. The Labute approximate surface area is 120 Å². The number of nitrogens with one attached hydrogen (secondary N) is 1. The third-order valence-electron chi connectivity index (χ3n) is 6.03. The van der Waals surface area contributed by atoms with Crippen LogP contribution in [-0.2, 0) is 19.1 Å². The molecule has 2 saturated carbocycles. The molecule has 3 fully saturated rings. The van der Waals surface area contributed by atoms with Gasteiger partial charge in [0.15, 0.2) is 0 Å². The Hall–Kier alpha value is -0.460. The van der Waals surface area contributed by atoms with Gasteiger partial charge < -0.3 is 5.32 Å². The van der Waals surface area contributed by atoms with E-state index in [1.807, 2.05) is 20.8 Å². The molecular weight excluding hydrogens is 278 g/mol. The van der Waals surface area contributed by atoms with Crippen molar-refractivity contribution < 1.29 is 17.4 Å². The van der Waals surface area contributed by atoms with E-state index in [9.17, 15) is 13.2 Å². The molecule has 3 aliphatic rings. The zero-order valence-corrected chi connectivity index (χ0v) is 13.1. The molecule has 5 nitrogen and oxygen atoms in total. The van der Waals surface area contributed by atoms with Crippen LogP contribution in [0.1, 0.15) is 40.0 Å². The van der Waals surface area contributed by atoms with Crippen molar-refractivity contribution in [3.8, 4) is 0 Å². The second-order valence-electron chi connectivity index (χ2n) is 7.20. The Morgan fingerprint density at radius 1 is 1.40 bits per heavy atom. The lowest BCUT2D eigenvalue weighted by Gasteiger charge is -2.38. The first-order chi connectivity index (χ1) is 9.18. The van der Waals surface area contributed by atoms with Gasteiger partial charge >= 0.3 is 0 Å². The molecule has 0 spiro atoms. The highest BCUT2D eigenvalue weighted by molar-refractivity contribution is 7.86. The summed E-state index contributed by atoms with van der Waals surface area (Å²) in [6, 6.07) is 0.0610. The Morgan fingerprint density at radius 2 is 2.10 bits per heavy atom. The molecule has 1 N–H and O–H groups in total. The second-order valence-corrected chi connectivity index (χ2v) is 8.80. The van der Waals surface area contributed by atoms with Crippen molar-refractivity contribution in [1.82, 2.24) is 5.32 Å². The van der Waals surface area contributed by atoms with E-state index in [0.717, 1.165) is 6.42 Å². The summed E-state index contributed by atoms with van der Waals surface area (Å²) in [6.07, 6.45) is 1.89. The van der Waals surface area contributed by atoms with Crippen LogP contribution in [0.15, 0.2) is 0 Å². The van der Waals surface area contributed by atoms with Crippen molar-refractivity contribution in [2.24, 2.45) is 16.7 Å². The summed E-state index contributed by atoms with van der Waals surface area (Å²) in [6.45, 7) is 6.54. The molecule has 0 amide bonds. The number of hydrogen-bond acceptors (Lipinski definition) is 5. The van der Waals surface area contributed by atoms with E-state index in [4.69, 9.17) is 4.18 Å². The highest BCUT2D eigenvalue weighted by Crippen LogP contribution is 2.64. The van der Waals surface area contributed by atoms with E-state index < -0.39 is 15.5 Å². The highest BCUT2D eigenvalue weighted by atomic mass is 32.2. The molecule has 0 radical (unpaired) electrons. The minimum Gasteiger partial charge on any atom is -0.309 e. The smallest absolute Gasteiger partial charge is 0.268 e. The van der Waals surface area contributed by atoms with Gasteiger partial charge in [0.2, 0.25) is 0 Å². The first-order valence-electron chi connectivity index (χ1n) is 7.36. The molecule has 3 rings (SSSR count). The Bertz CT molecular complexity index is 541. The number of fused-ring (bicyclic) bond motifs is 2. The Kier molecular flexibility index (Phi) is 3.09. The molecule has 114 valence electrons. The highest BCUT2D eigenvalue weighted by Gasteiger charge is 2.65. The quantitative estimate of drug-likeness (QED) is 0.787. The number of Topliss-reactive ketones (excluding diaryl/α,β-unsaturated/α-hetero) is 1. The van der Waals surface area contributed by atoms with Crippen molar-refractivity contribution in [3.05, 3.63) is 0 Å². The summed E-state index contributed by atoms with van der Waals surface area (Å²) in [5.41, 5.74) is -0.957. The van der Waals surface area contributed by atoms with Crippen LogP contribution in [0.4, 0.5) is 0 Å². The standard InChI is InChI=1S/C14H23NO4S/c1-9-11(7-15-9)19-20(17,18)8-14-5-4-10(6-12(14)16)13(14,2)3/h9-11,15H,4-8H2,1-3H3/t9-,10?,11+,14-/m1/s1. The molecule has 1 aliphatic heterocycles. The Morgan fingerprint density at radius 3 is 2.50 bits per heavy atom. The monoisotopic (exact) mass is 301 g/mol. The van der Waals surface area contributed by atoms with Gasteiger partial charge in [0.1, 0.15) is 11.9 Å². The van der Waals surface area contributed by atoms with Gasteiger partial charge in [0.25, 0.3) is 10.1 Å². The van der Waals surface area contributed by atoms with E-state index >= 15 is 0 Å². The average Bonchev–Trinajstić information content (AvgIpc) is 2.68.